The second-order valence-corrected chi connectivity index (χ2v) is 2.91. The van der Waals surface area contributed by atoms with E-state index in [-0.39, 0.29) is 16.8 Å². The van der Waals surface area contributed by atoms with Crippen LogP contribution in [0.15, 0.2) is 18.3 Å². The van der Waals surface area contributed by atoms with Gasteiger partial charge in [0.15, 0.2) is 0 Å². The van der Waals surface area contributed by atoms with Crippen LogP contribution in [0.5, 0.6) is 0 Å². The van der Waals surface area contributed by atoms with Crippen LogP contribution >= 0.6 is 0 Å². The SMILES string of the molecule is O=C(O)c1ccc2[nH]cc(C(=O)O)c2n1. The molecule has 0 aliphatic heterocycles. The Balaban J connectivity index is 2.72. The molecule has 0 aromatic carbocycles. The van der Waals surface area contributed by atoms with E-state index in [2.05, 4.69) is 9.97 Å². The lowest BCUT2D eigenvalue weighted by Gasteiger charge is -1.94. The number of nitrogens with one attached hydrogen (secondary N) is 1. The Morgan fingerprint density at radius 3 is 2.53 bits per heavy atom. The monoisotopic (exact) mass is 206 g/mol. The van der Waals surface area contributed by atoms with Crippen molar-refractivity contribution in [2.75, 3.05) is 0 Å². The lowest BCUT2D eigenvalue weighted by atomic mass is 10.2. The van der Waals surface area contributed by atoms with Crippen molar-refractivity contribution in [3.63, 3.8) is 0 Å². The summed E-state index contributed by atoms with van der Waals surface area (Å²) in [7, 11) is 0. The third-order valence-corrected chi connectivity index (χ3v) is 1.97. The van der Waals surface area contributed by atoms with E-state index in [0.717, 1.165) is 0 Å². The maximum Gasteiger partial charge on any atom is 0.354 e. The van der Waals surface area contributed by atoms with Crippen LogP contribution in [0, 0.1) is 0 Å². The zero-order chi connectivity index (χ0) is 11.0. The van der Waals surface area contributed by atoms with E-state index in [9.17, 15) is 9.59 Å². The normalized spacial score (nSPS) is 10.4. The van der Waals surface area contributed by atoms with E-state index < -0.39 is 11.9 Å². The summed E-state index contributed by atoms with van der Waals surface area (Å²) in [6, 6.07) is 2.80. The topological polar surface area (TPSA) is 103 Å². The maximum absolute atomic E-state index is 10.7. The predicted molar refractivity (Wildman–Crippen MR) is 50.0 cm³/mol. The van der Waals surface area contributed by atoms with Gasteiger partial charge in [-0.05, 0) is 12.1 Å². The number of nitrogens with zero attached hydrogens (tertiary/aromatic N) is 1. The molecule has 2 aromatic heterocycles. The van der Waals surface area contributed by atoms with Gasteiger partial charge in [-0.15, -0.1) is 0 Å². The smallest absolute Gasteiger partial charge is 0.354 e. The van der Waals surface area contributed by atoms with Crippen molar-refractivity contribution < 1.29 is 19.8 Å². The number of aromatic amines is 1. The minimum Gasteiger partial charge on any atom is -0.478 e. The van der Waals surface area contributed by atoms with Crippen molar-refractivity contribution >= 4 is 23.0 Å². The van der Waals surface area contributed by atoms with Crippen LogP contribution < -0.4 is 0 Å². The highest BCUT2D eigenvalue weighted by Crippen LogP contribution is 2.16. The van der Waals surface area contributed by atoms with Gasteiger partial charge in [0.05, 0.1) is 5.52 Å². The largest absolute Gasteiger partial charge is 0.478 e. The second-order valence-electron chi connectivity index (χ2n) is 2.91. The van der Waals surface area contributed by atoms with Crippen LogP contribution in [-0.2, 0) is 0 Å². The van der Waals surface area contributed by atoms with Gasteiger partial charge in [-0.1, -0.05) is 0 Å². The number of H-pyrrole nitrogens is 1. The molecule has 0 aliphatic rings. The average Bonchev–Trinajstić information content (AvgIpc) is 2.59. The zero-order valence-corrected chi connectivity index (χ0v) is 7.39. The standard InChI is InChI=1S/C9H6N2O4/c12-8(13)4-3-10-5-1-2-6(9(14)15)11-7(4)5/h1-3,10H,(H,12,13)(H,14,15). The number of hydrogen-bond donors (Lipinski definition) is 3. The molecule has 0 spiro atoms. The van der Waals surface area contributed by atoms with Gasteiger partial charge < -0.3 is 15.2 Å². The van der Waals surface area contributed by atoms with Crippen molar-refractivity contribution in [2.45, 2.75) is 0 Å². The predicted octanol–water partition coefficient (Wildman–Crippen LogP) is 0.959. The Bertz CT molecular complexity index is 558. The van der Waals surface area contributed by atoms with Crippen LogP contribution in [0.1, 0.15) is 20.8 Å². The third kappa shape index (κ3) is 1.41. The lowest BCUT2D eigenvalue weighted by molar-refractivity contribution is 0.0680. The summed E-state index contributed by atoms with van der Waals surface area (Å²) in [5.41, 5.74) is 0.442. The van der Waals surface area contributed by atoms with E-state index in [1.807, 2.05) is 0 Å². The van der Waals surface area contributed by atoms with E-state index in [1.165, 1.54) is 18.3 Å². The number of carboxylic acid groups (broad SMARTS) is 2. The molecule has 6 nitrogen and oxygen atoms in total. The molecular formula is C9H6N2O4. The number of hydrogen-bond acceptors (Lipinski definition) is 3. The number of rotatable bonds is 2. The molecule has 0 atom stereocenters. The molecule has 2 heterocycles. The Morgan fingerprint density at radius 1 is 1.20 bits per heavy atom. The van der Waals surface area contributed by atoms with Crippen molar-refractivity contribution in [3.05, 3.63) is 29.6 Å². The number of carbonyl (C=O) groups is 2. The molecular weight excluding hydrogens is 200 g/mol. The summed E-state index contributed by atoms with van der Waals surface area (Å²) in [5.74, 6) is -2.33. The molecule has 76 valence electrons. The fourth-order valence-electron chi connectivity index (χ4n) is 1.28. The van der Waals surface area contributed by atoms with Gasteiger partial charge in [0.2, 0.25) is 0 Å². The molecule has 0 radical (unpaired) electrons. The minimum atomic E-state index is -1.19. The van der Waals surface area contributed by atoms with Crippen molar-refractivity contribution in [2.24, 2.45) is 0 Å². The minimum absolute atomic E-state index is 0.0342. The van der Waals surface area contributed by atoms with E-state index in [4.69, 9.17) is 10.2 Å². The highest BCUT2D eigenvalue weighted by molar-refractivity contribution is 6.02. The summed E-state index contributed by atoms with van der Waals surface area (Å²) in [5, 5.41) is 17.5. The fraction of sp³-hybridized carbons (Fsp3) is 0. The van der Waals surface area contributed by atoms with Crippen LogP contribution in [0.25, 0.3) is 11.0 Å². The van der Waals surface area contributed by atoms with Crippen molar-refractivity contribution in [1.82, 2.24) is 9.97 Å². The fourth-order valence-corrected chi connectivity index (χ4v) is 1.28. The highest BCUT2D eigenvalue weighted by Gasteiger charge is 2.14. The highest BCUT2D eigenvalue weighted by atomic mass is 16.4. The van der Waals surface area contributed by atoms with Crippen LogP contribution in [-0.4, -0.2) is 32.1 Å². The zero-order valence-electron chi connectivity index (χ0n) is 7.39. The molecule has 15 heavy (non-hydrogen) atoms. The van der Waals surface area contributed by atoms with Crippen LogP contribution in [0.2, 0.25) is 0 Å². The number of aromatic carboxylic acids is 2. The summed E-state index contributed by atoms with van der Waals surface area (Å²) >= 11 is 0. The third-order valence-electron chi connectivity index (χ3n) is 1.97. The van der Waals surface area contributed by atoms with Crippen LogP contribution in [0.4, 0.5) is 0 Å². The Kier molecular flexibility index (Phi) is 1.89. The molecule has 0 fully saturated rings. The first-order chi connectivity index (χ1) is 7.09. The summed E-state index contributed by atoms with van der Waals surface area (Å²) in [6.45, 7) is 0. The molecule has 6 heteroatoms. The first-order valence-electron chi connectivity index (χ1n) is 4.04. The van der Waals surface area contributed by atoms with Gasteiger partial charge in [-0.2, -0.15) is 0 Å². The molecule has 0 saturated heterocycles. The summed E-state index contributed by atoms with van der Waals surface area (Å²) in [6.07, 6.45) is 1.28. The average molecular weight is 206 g/mol. The van der Waals surface area contributed by atoms with Gasteiger partial charge in [-0.3, -0.25) is 0 Å². The number of carboxylic acids is 2. The first kappa shape index (κ1) is 9.20. The Labute approximate surface area is 83.2 Å². The maximum atomic E-state index is 10.7. The molecule has 2 rings (SSSR count). The molecule has 2 aromatic rings. The summed E-state index contributed by atoms with van der Waals surface area (Å²) < 4.78 is 0. The molecule has 0 amide bonds. The van der Waals surface area contributed by atoms with Gasteiger partial charge >= 0.3 is 11.9 Å². The molecule has 0 bridgehead atoms. The van der Waals surface area contributed by atoms with E-state index >= 15 is 0 Å². The van der Waals surface area contributed by atoms with Gasteiger partial charge in [0.25, 0.3) is 0 Å². The van der Waals surface area contributed by atoms with Gasteiger partial charge in [0, 0.05) is 6.20 Å². The molecule has 0 unspecified atom stereocenters. The lowest BCUT2D eigenvalue weighted by Crippen LogP contribution is -2.01. The van der Waals surface area contributed by atoms with Crippen molar-refractivity contribution in [3.8, 4) is 0 Å². The molecule has 3 N–H and O–H groups in total. The molecule has 0 aliphatic carbocycles. The van der Waals surface area contributed by atoms with Gasteiger partial charge in [0.1, 0.15) is 16.8 Å². The second kappa shape index (κ2) is 3.09. The van der Waals surface area contributed by atoms with Gasteiger partial charge in [-0.25, -0.2) is 14.6 Å². The number of pyridine rings is 1. The first-order valence-corrected chi connectivity index (χ1v) is 4.04. The quantitative estimate of drug-likeness (QED) is 0.678. The Hall–Kier alpha value is -2.37. The summed E-state index contributed by atoms with van der Waals surface area (Å²) in [4.78, 5) is 27.8. The number of aromatic nitrogens is 2. The van der Waals surface area contributed by atoms with Crippen molar-refractivity contribution in [1.29, 1.82) is 0 Å². The van der Waals surface area contributed by atoms with E-state index in [0.29, 0.717) is 5.52 Å². The number of fused-ring (bicyclic) bond motifs is 1. The Morgan fingerprint density at radius 2 is 1.93 bits per heavy atom. The molecule has 0 saturated carbocycles. The van der Waals surface area contributed by atoms with Crippen LogP contribution in [0.3, 0.4) is 0 Å². The van der Waals surface area contributed by atoms with E-state index in [1.54, 1.807) is 0 Å².